The maximum Gasteiger partial charge on any atom is 0.228 e. The first-order valence-corrected chi connectivity index (χ1v) is 5.96. The number of ether oxygens (including phenoxy) is 1. The van der Waals surface area contributed by atoms with Crippen molar-refractivity contribution >= 4 is 11.6 Å². The minimum absolute atomic E-state index is 0.0193. The highest BCUT2D eigenvalue weighted by molar-refractivity contribution is 5.92. The normalized spacial score (nSPS) is 10.2. The Morgan fingerprint density at radius 3 is 2.65 bits per heavy atom. The molecule has 0 spiro atoms. The van der Waals surface area contributed by atoms with Crippen molar-refractivity contribution in [3.05, 3.63) is 59.7 Å². The fraction of sp³-hybridized carbons (Fsp3) is 0.133. The lowest BCUT2D eigenvalue weighted by Crippen LogP contribution is -2.14. The first kappa shape index (κ1) is 14.0. The Bertz CT molecular complexity index is 629. The van der Waals surface area contributed by atoms with E-state index >= 15 is 0 Å². The number of anilines is 1. The van der Waals surface area contributed by atoms with Gasteiger partial charge in [0.15, 0.2) is 11.6 Å². The van der Waals surface area contributed by atoms with E-state index in [0.717, 1.165) is 0 Å². The molecule has 0 unspecified atom stereocenters. The summed E-state index contributed by atoms with van der Waals surface area (Å²) < 4.78 is 31.2. The van der Waals surface area contributed by atoms with Gasteiger partial charge >= 0.3 is 0 Å². The number of carbonyl (C=O) groups excluding carboxylic acids is 1. The van der Waals surface area contributed by atoms with E-state index in [0.29, 0.717) is 11.3 Å². The number of nitrogens with one attached hydrogen (secondary N) is 1. The van der Waals surface area contributed by atoms with E-state index in [9.17, 15) is 13.6 Å². The fourth-order valence-corrected chi connectivity index (χ4v) is 1.78. The molecule has 1 amide bonds. The highest BCUT2D eigenvalue weighted by atomic mass is 19.1. The van der Waals surface area contributed by atoms with Gasteiger partial charge in [-0.25, -0.2) is 8.78 Å². The molecule has 2 aromatic carbocycles. The molecule has 104 valence electrons. The summed E-state index contributed by atoms with van der Waals surface area (Å²) in [4.78, 5) is 11.8. The molecule has 0 aliphatic heterocycles. The summed E-state index contributed by atoms with van der Waals surface area (Å²) in [7, 11) is 1.36. The Kier molecular flexibility index (Phi) is 4.30. The molecule has 0 heterocycles. The molecule has 0 fully saturated rings. The molecule has 0 radical (unpaired) electrons. The molecule has 0 aromatic heterocycles. The topological polar surface area (TPSA) is 38.3 Å². The van der Waals surface area contributed by atoms with Crippen molar-refractivity contribution in [1.82, 2.24) is 0 Å². The van der Waals surface area contributed by atoms with Crippen molar-refractivity contribution in [3.8, 4) is 5.75 Å². The average molecular weight is 277 g/mol. The number of hydrogen-bond donors (Lipinski definition) is 1. The van der Waals surface area contributed by atoms with Crippen LogP contribution in [0.1, 0.15) is 5.56 Å². The summed E-state index contributed by atoms with van der Waals surface area (Å²) in [5.74, 6) is -1.20. The van der Waals surface area contributed by atoms with Gasteiger partial charge in [0.25, 0.3) is 0 Å². The average Bonchev–Trinajstić information content (AvgIpc) is 2.38. The Balaban J connectivity index is 2.03. The smallest absolute Gasteiger partial charge is 0.228 e. The molecule has 0 atom stereocenters. The largest absolute Gasteiger partial charge is 0.494 e. The second-order valence-electron chi connectivity index (χ2n) is 4.20. The zero-order valence-electron chi connectivity index (χ0n) is 10.8. The number of hydrogen-bond acceptors (Lipinski definition) is 2. The minimum atomic E-state index is -0.559. The summed E-state index contributed by atoms with van der Waals surface area (Å²) in [6.07, 6.45) is 0.0193. The molecule has 0 bridgehead atoms. The highest BCUT2D eigenvalue weighted by Gasteiger charge is 2.08. The van der Waals surface area contributed by atoms with E-state index in [-0.39, 0.29) is 18.1 Å². The van der Waals surface area contributed by atoms with Crippen LogP contribution in [-0.2, 0) is 11.2 Å². The van der Waals surface area contributed by atoms with Gasteiger partial charge < -0.3 is 10.1 Å². The number of halogens is 2. The molecule has 20 heavy (non-hydrogen) atoms. The molecule has 2 aromatic rings. The van der Waals surface area contributed by atoms with Gasteiger partial charge in [-0.15, -0.1) is 0 Å². The van der Waals surface area contributed by atoms with Crippen LogP contribution in [0.25, 0.3) is 0 Å². The summed E-state index contributed by atoms with van der Waals surface area (Å²) in [5, 5.41) is 2.55. The lowest BCUT2D eigenvalue weighted by Gasteiger charge is -2.07. The minimum Gasteiger partial charge on any atom is -0.494 e. The molecular weight excluding hydrogens is 264 g/mol. The fourth-order valence-electron chi connectivity index (χ4n) is 1.78. The van der Waals surface area contributed by atoms with Gasteiger partial charge in [0, 0.05) is 11.8 Å². The van der Waals surface area contributed by atoms with Gasteiger partial charge in [-0.1, -0.05) is 12.1 Å². The number of carbonyl (C=O) groups is 1. The predicted octanol–water partition coefficient (Wildman–Crippen LogP) is 3.15. The Morgan fingerprint density at radius 2 is 2.00 bits per heavy atom. The molecule has 5 heteroatoms. The van der Waals surface area contributed by atoms with Gasteiger partial charge in [-0.3, -0.25) is 4.79 Å². The van der Waals surface area contributed by atoms with E-state index in [2.05, 4.69) is 5.32 Å². The second-order valence-corrected chi connectivity index (χ2v) is 4.20. The lowest BCUT2D eigenvalue weighted by molar-refractivity contribution is -0.115. The maximum atomic E-state index is 13.5. The molecule has 1 N–H and O–H groups in total. The van der Waals surface area contributed by atoms with Crippen LogP contribution < -0.4 is 10.1 Å². The SMILES string of the molecule is COc1ccc(NC(=O)Cc2cccc(F)c2)cc1F. The van der Waals surface area contributed by atoms with Gasteiger partial charge in [0.1, 0.15) is 5.82 Å². The van der Waals surface area contributed by atoms with Crippen molar-refractivity contribution in [2.45, 2.75) is 6.42 Å². The molecule has 0 aliphatic carbocycles. The molecule has 0 saturated heterocycles. The first-order valence-electron chi connectivity index (χ1n) is 5.96. The quantitative estimate of drug-likeness (QED) is 0.932. The zero-order chi connectivity index (χ0) is 14.5. The van der Waals surface area contributed by atoms with E-state index in [1.807, 2.05) is 0 Å². The molecule has 0 saturated carbocycles. The monoisotopic (exact) mass is 277 g/mol. The molecule has 0 aliphatic rings. The summed E-state index contributed by atoms with van der Waals surface area (Å²) in [6, 6.07) is 9.90. The van der Waals surface area contributed by atoms with Crippen molar-refractivity contribution in [2.75, 3.05) is 12.4 Å². The number of amides is 1. The lowest BCUT2D eigenvalue weighted by atomic mass is 10.1. The van der Waals surface area contributed by atoms with Crippen LogP contribution in [0.4, 0.5) is 14.5 Å². The van der Waals surface area contributed by atoms with Crippen molar-refractivity contribution in [1.29, 1.82) is 0 Å². The molecule has 2 rings (SSSR count). The standard InChI is InChI=1S/C15H13F2NO2/c1-20-14-6-5-12(9-13(14)17)18-15(19)8-10-3-2-4-11(16)7-10/h2-7,9H,8H2,1H3,(H,18,19). The Labute approximate surface area is 115 Å². The van der Waals surface area contributed by atoms with Crippen LogP contribution in [-0.4, -0.2) is 13.0 Å². The molecular formula is C15H13F2NO2. The third-order valence-electron chi connectivity index (χ3n) is 2.69. The van der Waals surface area contributed by atoms with E-state index in [1.54, 1.807) is 6.07 Å². The van der Waals surface area contributed by atoms with Crippen LogP contribution in [0.2, 0.25) is 0 Å². The van der Waals surface area contributed by atoms with Gasteiger partial charge in [-0.05, 0) is 29.8 Å². The summed E-state index contributed by atoms with van der Waals surface area (Å²) in [5.41, 5.74) is 0.876. The molecule has 3 nitrogen and oxygen atoms in total. The van der Waals surface area contributed by atoms with Crippen LogP contribution in [0, 0.1) is 11.6 Å². The van der Waals surface area contributed by atoms with E-state index in [1.165, 1.54) is 43.5 Å². The predicted molar refractivity (Wildman–Crippen MR) is 71.7 cm³/mol. The zero-order valence-corrected chi connectivity index (χ0v) is 10.8. The summed E-state index contributed by atoms with van der Waals surface area (Å²) in [6.45, 7) is 0. The first-order chi connectivity index (χ1) is 9.58. The van der Waals surface area contributed by atoms with Crippen molar-refractivity contribution < 1.29 is 18.3 Å². The third-order valence-corrected chi connectivity index (χ3v) is 2.69. The van der Waals surface area contributed by atoms with Crippen LogP contribution in [0.5, 0.6) is 5.75 Å². The summed E-state index contributed by atoms with van der Waals surface area (Å²) >= 11 is 0. The van der Waals surface area contributed by atoms with Crippen LogP contribution in [0.15, 0.2) is 42.5 Å². The third kappa shape index (κ3) is 3.54. The second kappa shape index (κ2) is 6.14. The Morgan fingerprint density at radius 1 is 1.20 bits per heavy atom. The van der Waals surface area contributed by atoms with E-state index in [4.69, 9.17) is 4.74 Å². The van der Waals surface area contributed by atoms with Crippen LogP contribution in [0.3, 0.4) is 0 Å². The number of methoxy groups -OCH3 is 1. The number of rotatable bonds is 4. The van der Waals surface area contributed by atoms with Gasteiger partial charge in [0.05, 0.1) is 13.5 Å². The van der Waals surface area contributed by atoms with Gasteiger partial charge in [-0.2, -0.15) is 0 Å². The maximum absolute atomic E-state index is 13.5. The van der Waals surface area contributed by atoms with Crippen molar-refractivity contribution in [2.24, 2.45) is 0 Å². The van der Waals surface area contributed by atoms with Crippen molar-refractivity contribution in [3.63, 3.8) is 0 Å². The van der Waals surface area contributed by atoms with Gasteiger partial charge in [0.2, 0.25) is 5.91 Å². The van der Waals surface area contributed by atoms with Crippen LogP contribution >= 0.6 is 0 Å². The van der Waals surface area contributed by atoms with E-state index < -0.39 is 11.6 Å². The Hall–Kier alpha value is -2.43. The highest BCUT2D eigenvalue weighted by Crippen LogP contribution is 2.20. The number of benzene rings is 2.